The summed E-state index contributed by atoms with van der Waals surface area (Å²) in [5, 5.41) is 0. The minimum absolute atomic E-state index is 0.178. The van der Waals surface area contributed by atoms with E-state index >= 15 is 0 Å². The SMILES string of the molecule is COc1ccc2ncc3c(c2n1)C1(CCC1)C(=O)N3C. The number of nitrogens with zero attached hydrogens (tertiary/aromatic N) is 3. The minimum Gasteiger partial charge on any atom is -0.481 e. The molecule has 0 bridgehead atoms. The molecule has 1 spiro atoms. The third kappa shape index (κ3) is 1.20. The Balaban J connectivity index is 2.08. The zero-order valence-corrected chi connectivity index (χ0v) is 11.5. The second-order valence-electron chi connectivity index (χ2n) is 5.54. The number of carbonyl (C=O) groups excluding carboxylic acids is 1. The molecule has 5 heteroatoms. The number of hydrogen-bond acceptors (Lipinski definition) is 4. The Morgan fingerprint density at radius 2 is 2.15 bits per heavy atom. The highest BCUT2D eigenvalue weighted by molar-refractivity contribution is 6.12. The van der Waals surface area contributed by atoms with E-state index in [-0.39, 0.29) is 11.3 Å². The molecule has 1 aliphatic carbocycles. The third-order valence-corrected chi connectivity index (χ3v) is 4.64. The van der Waals surface area contributed by atoms with Gasteiger partial charge in [-0.15, -0.1) is 0 Å². The fourth-order valence-electron chi connectivity index (χ4n) is 3.41. The summed E-state index contributed by atoms with van der Waals surface area (Å²) >= 11 is 0. The van der Waals surface area contributed by atoms with Crippen LogP contribution in [0.2, 0.25) is 0 Å². The summed E-state index contributed by atoms with van der Waals surface area (Å²) in [6.07, 6.45) is 4.69. The molecule has 1 fully saturated rings. The highest BCUT2D eigenvalue weighted by Gasteiger charge is 2.54. The first kappa shape index (κ1) is 11.6. The second-order valence-corrected chi connectivity index (χ2v) is 5.54. The molecule has 3 heterocycles. The maximum Gasteiger partial charge on any atom is 0.237 e. The van der Waals surface area contributed by atoms with Crippen LogP contribution in [0, 0.1) is 0 Å². The van der Waals surface area contributed by atoms with Crippen molar-refractivity contribution in [1.82, 2.24) is 9.97 Å². The van der Waals surface area contributed by atoms with Gasteiger partial charge in [-0.3, -0.25) is 9.78 Å². The van der Waals surface area contributed by atoms with E-state index in [1.54, 1.807) is 24.3 Å². The van der Waals surface area contributed by atoms with Crippen LogP contribution in [0.4, 0.5) is 5.69 Å². The van der Waals surface area contributed by atoms with Gasteiger partial charge in [0, 0.05) is 18.7 Å². The number of amides is 1. The van der Waals surface area contributed by atoms with Crippen LogP contribution in [-0.2, 0) is 10.2 Å². The molecule has 0 unspecified atom stereocenters. The number of ether oxygens (including phenoxy) is 1. The van der Waals surface area contributed by atoms with Crippen molar-refractivity contribution in [2.45, 2.75) is 24.7 Å². The van der Waals surface area contributed by atoms with E-state index in [4.69, 9.17) is 4.74 Å². The lowest BCUT2D eigenvalue weighted by Gasteiger charge is -2.36. The predicted octanol–water partition coefficient (Wildman–Crippen LogP) is 2.04. The highest BCUT2D eigenvalue weighted by atomic mass is 16.5. The van der Waals surface area contributed by atoms with Crippen LogP contribution in [0.5, 0.6) is 5.88 Å². The minimum atomic E-state index is -0.370. The summed E-state index contributed by atoms with van der Waals surface area (Å²) in [5.74, 6) is 0.738. The van der Waals surface area contributed by atoms with Crippen molar-refractivity contribution in [2.75, 3.05) is 19.1 Å². The quantitative estimate of drug-likeness (QED) is 0.795. The van der Waals surface area contributed by atoms with Crippen molar-refractivity contribution in [2.24, 2.45) is 0 Å². The van der Waals surface area contributed by atoms with Crippen molar-refractivity contribution in [3.63, 3.8) is 0 Å². The van der Waals surface area contributed by atoms with Crippen LogP contribution in [0.3, 0.4) is 0 Å². The normalized spacial score (nSPS) is 19.3. The second kappa shape index (κ2) is 3.69. The lowest BCUT2D eigenvalue weighted by Crippen LogP contribution is -2.44. The molecule has 0 N–H and O–H groups in total. The van der Waals surface area contributed by atoms with Crippen LogP contribution in [-0.4, -0.2) is 30.0 Å². The Morgan fingerprint density at radius 1 is 1.35 bits per heavy atom. The molecule has 1 aliphatic heterocycles. The van der Waals surface area contributed by atoms with Crippen LogP contribution < -0.4 is 9.64 Å². The van der Waals surface area contributed by atoms with Crippen LogP contribution in [0.25, 0.3) is 11.0 Å². The average molecular weight is 269 g/mol. The van der Waals surface area contributed by atoms with E-state index in [1.165, 1.54) is 0 Å². The Bertz CT molecular complexity index is 737. The molecule has 4 rings (SSSR count). The molecule has 0 atom stereocenters. The largest absolute Gasteiger partial charge is 0.481 e. The van der Waals surface area contributed by atoms with Gasteiger partial charge in [-0.05, 0) is 18.9 Å². The molecule has 2 aromatic rings. The molecule has 5 nitrogen and oxygen atoms in total. The Hall–Kier alpha value is -2.17. The lowest BCUT2D eigenvalue weighted by molar-refractivity contribution is -0.125. The Morgan fingerprint density at radius 3 is 2.80 bits per heavy atom. The monoisotopic (exact) mass is 269 g/mol. The summed E-state index contributed by atoms with van der Waals surface area (Å²) in [5.41, 5.74) is 3.19. The van der Waals surface area contributed by atoms with Gasteiger partial charge in [0.2, 0.25) is 11.8 Å². The zero-order valence-electron chi connectivity index (χ0n) is 11.5. The summed E-state index contributed by atoms with van der Waals surface area (Å²) < 4.78 is 5.22. The molecule has 1 saturated carbocycles. The van der Waals surface area contributed by atoms with Crippen molar-refractivity contribution in [3.05, 3.63) is 23.9 Å². The number of rotatable bonds is 1. The molecule has 20 heavy (non-hydrogen) atoms. The van der Waals surface area contributed by atoms with Gasteiger partial charge < -0.3 is 9.64 Å². The maximum atomic E-state index is 12.6. The topological polar surface area (TPSA) is 55.3 Å². The maximum absolute atomic E-state index is 12.6. The van der Waals surface area contributed by atoms with Crippen molar-refractivity contribution in [3.8, 4) is 5.88 Å². The smallest absolute Gasteiger partial charge is 0.237 e. The van der Waals surface area contributed by atoms with Crippen LogP contribution >= 0.6 is 0 Å². The molecule has 102 valence electrons. The van der Waals surface area contributed by atoms with E-state index in [9.17, 15) is 4.79 Å². The van der Waals surface area contributed by atoms with Gasteiger partial charge in [-0.1, -0.05) is 6.42 Å². The van der Waals surface area contributed by atoms with Crippen molar-refractivity contribution >= 4 is 22.6 Å². The number of aromatic nitrogens is 2. The average Bonchev–Trinajstić information content (AvgIpc) is 2.67. The van der Waals surface area contributed by atoms with Crippen LogP contribution in [0.15, 0.2) is 18.3 Å². The van der Waals surface area contributed by atoms with Gasteiger partial charge in [0.05, 0.1) is 35.4 Å². The summed E-state index contributed by atoms with van der Waals surface area (Å²) in [4.78, 5) is 23.3. The first-order valence-electron chi connectivity index (χ1n) is 6.80. The number of likely N-dealkylation sites (N-methyl/N-ethyl adjacent to an activating group) is 1. The van der Waals surface area contributed by atoms with E-state index in [0.717, 1.165) is 41.5 Å². The number of pyridine rings is 2. The molecular formula is C15H15N3O2. The summed E-state index contributed by atoms with van der Waals surface area (Å²) in [6, 6.07) is 3.70. The van der Waals surface area contributed by atoms with E-state index in [1.807, 2.05) is 13.1 Å². The molecule has 0 aromatic carbocycles. The fourth-order valence-corrected chi connectivity index (χ4v) is 3.41. The Labute approximate surface area is 116 Å². The number of methoxy groups -OCH3 is 1. The van der Waals surface area contributed by atoms with Crippen LogP contribution in [0.1, 0.15) is 24.8 Å². The molecule has 1 amide bonds. The van der Waals surface area contributed by atoms with Gasteiger partial charge in [0.15, 0.2) is 0 Å². The predicted molar refractivity (Wildman–Crippen MR) is 75.0 cm³/mol. The molecule has 2 aromatic heterocycles. The van der Waals surface area contributed by atoms with Gasteiger partial charge in [0.25, 0.3) is 0 Å². The number of anilines is 1. The van der Waals surface area contributed by atoms with Crippen molar-refractivity contribution in [1.29, 1.82) is 0 Å². The van der Waals surface area contributed by atoms with Gasteiger partial charge >= 0.3 is 0 Å². The van der Waals surface area contributed by atoms with Gasteiger partial charge in [-0.2, -0.15) is 0 Å². The fraction of sp³-hybridized carbons (Fsp3) is 0.400. The number of fused-ring (bicyclic) bond motifs is 4. The van der Waals surface area contributed by atoms with E-state index < -0.39 is 0 Å². The van der Waals surface area contributed by atoms with Gasteiger partial charge in [-0.25, -0.2) is 4.98 Å². The molecule has 0 saturated heterocycles. The number of hydrogen-bond donors (Lipinski definition) is 0. The van der Waals surface area contributed by atoms with E-state index in [2.05, 4.69) is 9.97 Å². The first-order valence-corrected chi connectivity index (χ1v) is 6.80. The highest BCUT2D eigenvalue weighted by Crippen LogP contribution is 2.54. The number of carbonyl (C=O) groups is 1. The third-order valence-electron chi connectivity index (χ3n) is 4.64. The van der Waals surface area contributed by atoms with E-state index in [0.29, 0.717) is 5.88 Å². The standard InChI is InChI=1S/C15H15N3O2/c1-18-10-8-16-9-4-5-11(20-2)17-13(9)12(10)15(14(18)19)6-3-7-15/h4-5,8H,3,6-7H2,1-2H3. The summed E-state index contributed by atoms with van der Waals surface area (Å²) in [7, 11) is 3.42. The molecule has 0 radical (unpaired) electrons. The Kier molecular flexibility index (Phi) is 2.14. The van der Waals surface area contributed by atoms with Crippen molar-refractivity contribution < 1.29 is 9.53 Å². The molecule has 2 aliphatic rings. The lowest BCUT2D eigenvalue weighted by atomic mass is 9.65. The molecular weight excluding hydrogens is 254 g/mol. The summed E-state index contributed by atoms with van der Waals surface area (Å²) in [6.45, 7) is 0. The zero-order chi connectivity index (χ0) is 13.9. The first-order chi connectivity index (χ1) is 9.67. The van der Waals surface area contributed by atoms with Gasteiger partial charge in [0.1, 0.15) is 0 Å².